The van der Waals surface area contributed by atoms with Crippen LogP contribution in [0.15, 0.2) is 17.2 Å². The fourth-order valence-electron chi connectivity index (χ4n) is 1.13. The smallest absolute Gasteiger partial charge is 0.339 e. The lowest BCUT2D eigenvalue weighted by atomic mass is 10.1. The summed E-state index contributed by atoms with van der Waals surface area (Å²) in [4.78, 5) is 11.0. The second kappa shape index (κ2) is 5.79. The number of anilines is 1. The summed E-state index contributed by atoms with van der Waals surface area (Å²) in [5.74, 6) is -3.04. The molecule has 19 heavy (non-hydrogen) atoms. The summed E-state index contributed by atoms with van der Waals surface area (Å²) in [5.41, 5.74) is 5.50. The van der Waals surface area contributed by atoms with E-state index in [-0.39, 0.29) is 5.02 Å². The number of amidine groups is 1. The molecule has 0 atom stereocenters. The fourth-order valence-corrected chi connectivity index (χ4v) is 1.37. The molecule has 0 saturated carbocycles. The highest BCUT2D eigenvalue weighted by Crippen LogP contribution is 2.27. The number of carboxylic acid groups (broad SMARTS) is 1. The van der Waals surface area contributed by atoms with Crippen LogP contribution in [0.3, 0.4) is 0 Å². The number of rotatable bonds is 4. The third-order valence-electron chi connectivity index (χ3n) is 1.96. The van der Waals surface area contributed by atoms with Crippen LogP contribution >= 0.6 is 11.6 Å². The first-order valence-electron chi connectivity index (χ1n) is 4.68. The molecule has 0 aromatic heterocycles. The number of carboxylic acids is 1. The van der Waals surface area contributed by atoms with Crippen LogP contribution < -0.4 is 11.2 Å². The van der Waals surface area contributed by atoms with E-state index < -0.39 is 34.6 Å². The number of hydrazone groups is 1. The van der Waals surface area contributed by atoms with Crippen LogP contribution in [0.1, 0.15) is 10.4 Å². The molecule has 0 unspecified atom stereocenters. The van der Waals surface area contributed by atoms with Gasteiger partial charge in [0.1, 0.15) is 23.1 Å². The van der Waals surface area contributed by atoms with Gasteiger partial charge in [-0.1, -0.05) is 11.6 Å². The van der Waals surface area contributed by atoms with Gasteiger partial charge in [-0.25, -0.2) is 9.18 Å². The molecule has 1 aromatic rings. The van der Waals surface area contributed by atoms with Crippen molar-refractivity contribution in [2.45, 2.75) is 0 Å². The van der Waals surface area contributed by atoms with Crippen molar-refractivity contribution in [3.05, 3.63) is 28.5 Å². The molecule has 0 aliphatic heterocycles. The average molecular weight is 284 g/mol. The molecule has 0 spiro atoms. The lowest BCUT2D eigenvalue weighted by molar-refractivity contribution is 0.0697. The van der Waals surface area contributed by atoms with Crippen molar-refractivity contribution in [3.8, 4) is 6.07 Å². The van der Waals surface area contributed by atoms with Gasteiger partial charge in [-0.05, 0) is 12.1 Å². The number of benzene rings is 1. The highest BCUT2D eigenvalue weighted by Gasteiger charge is 2.18. The van der Waals surface area contributed by atoms with Crippen LogP contribution in [0.5, 0.6) is 0 Å². The standard InChI is InChI=1S/C10H7ClFN5O2/c11-4-1-2-5(12)8(7(4)10(18)19)17-16-6(3-13)9(14)15/h1-2,17H,(H3,14,15)(H,18,19)/b16-6+. The minimum absolute atomic E-state index is 0.201. The zero-order valence-electron chi connectivity index (χ0n) is 9.24. The van der Waals surface area contributed by atoms with Crippen LogP contribution in [-0.4, -0.2) is 22.6 Å². The number of halogens is 2. The molecule has 0 bridgehead atoms. The topological polar surface area (TPSA) is 135 Å². The number of nitrogens with zero attached hydrogens (tertiary/aromatic N) is 2. The molecule has 0 heterocycles. The molecule has 1 aromatic carbocycles. The number of hydrogen-bond donors (Lipinski definition) is 4. The number of hydrogen-bond acceptors (Lipinski definition) is 5. The Bertz CT molecular complexity index is 623. The molecule has 0 radical (unpaired) electrons. The molecule has 5 N–H and O–H groups in total. The molecule has 0 saturated heterocycles. The summed E-state index contributed by atoms with van der Waals surface area (Å²) >= 11 is 5.64. The van der Waals surface area contributed by atoms with Gasteiger partial charge in [0.15, 0.2) is 5.84 Å². The molecule has 7 nitrogen and oxygen atoms in total. The van der Waals surface area contributed by atoms with E-state index in [0.717, 1.165) is 12.1 Å². The van der Waals surface area contributed by atoms with E-state index in [1.807, 2.05) is 5.43 Å². The summed E-state index contributed by atoms with van der Waals surface area (Å²) in [6.45, 7) is 0. The van der Waals surface area contributed by atoms with Crippen LogP contribution in [-0.2, 0) is 0 Å². The summed E-state index contributed by atoms with van der Waals surface area (Å²) in [6, 6.07) is 3.50. The van der Waals surface area contributed by atoms with Crippen molar-refractivity contribution in [1.82, 2.24) is 0 Å². The largest absolute Gasteiger partial charge is 0.478 e. The van der Waals surface area contributed by atoms with Crippen LogP contribution in [0.25, 0.3) is 0 Å². The Balaban J connectivity index is 3.29. The van der Waals surface area contributed by atoms with Crippen molar-refractivity contribution < 1.29 is 14.3 Å². The molecule has 9 heteroatoms. The van der Waals surface area contributed by atoms with E-state index >= 15 is 0 Å². The van der Waals surface area contributed by atoms with Gasteiger partial charge in [0, 0.05) is 0 Å². The minimum atomic E-state index is -1.47. The van der Waals surface area contributed by atoms with Gasteiger partial charge in [-0.15, -0.1) is 0 Å². The number of nitrogens with one attached hydrogen (secondary N) is 2. The van der Waals surface area contributed by atoms with Gasteiger partial charge < -0.3 is 10.8 Å². The Morgan fingerprint density at radius 3 is 2.74 bits per heavy atom. The van der Waals surface area contributed by atoms with Crippen LogP contribution in [0, 0.1) is 22.6 Å². The minimum Gasteiger partial charge on any atom is -0.478 e. The molecule has 0 aliphatic carbocycles. The van der Waals surface area contributed by atoms with Crippen molar-refractivity contribution in [3.63, 3.8) is 0 Å². The SMILES string of the molecule is N#C/C(=N\Nc1c(F)ccc(Cl)c1C(=O)O)C(=N)N. The van der Waals surface area contributed by atoms with E-state index in [1.54, 1.807) is 0 Å². The fraction of sp³-hybridized carbons (Fsp3) is 0. The molecular weight excluding hydrogens is 277 g/mol. The quantitative estimate of drug-likeness (QED) is 0.376. The van der Waals surface area contributed by atoms with E-state index in [4.69, 9.17) is 33.1 Å². The van der Waals surface area contributed by atoms with E-state index in [9.17, 15) is 9.18 Å². The zero-order chi connectivity index (χ0) is 14.6. The van der Waals surface area contributed by atoms with Crippen molar-refractivity contribution in [1.29, 1.82) is 10.7 Å². The molecule has 1 rings (SSSR count). The third-order valence-corrected chi connectivity index (χ3v) is 2.27. The van der Waals surface area contributed by atoms with Gasteiger partial charge in [0.05, 0.1) is 5.02 Å². The lowest BCUT2D eigenvalue weighted by Crippen LogP contribution is -2.22. The second-order valence-electron chi connectivity index (χ2n) is 3.18. The molecular formula is C10H7ClFN5O2. The third kappa shape index (κ3) is 3.17. The van der Waals surface area contributed by atoms with Crippen LogP contribution in [0.2, 0.25) is 5.02 Å². The van der Waals surface area contributed by atoms with Crippen LogP contribution in [0.4, 0.5) is 10.1 Å². The molecule has 98 valence electrons. The average Bonchev–Trinajstić information content (AvgIpc) is 2.33. The Hall–Kier alpha value is -2.66. The van der Waals surface area contributed by atoms with Gasteiger partial charge in [0.2, 0.25) is 5.71 Å². The highest BCUT2D eigenvalue weighted by molar-refractivity contribution is 6.45. The summed E-state index contributed by atoms with van der Waals surface area (Å²) in [5, 5.41) is 27.7. The zero-order valence-corrected chi connectivity index (χ0v) is 9.99. The summed E-state index contributed by atoms with van der Waals surface area (Å²) in [6.07, 6.45) is 0. The maximum atomic E-state index is 13.5. The van der Waals surface area contributed by atoms with Gasteiger partial charge >= 0.3 is 5.97 Å². The maximum absolute atomic E-state index is 13.5. The Morgan fingerprint density at radius 2 is 2.26 bits per heavy atom. The van der Waals surface area contributed by atoms with E-state index in [0.29, 0.717) is 0 Å². The van der Waals surface area contributed by atoms with Crippen molar-refractivity contribution in [2.24, 2.45) is 10.8 Å². The van der Waals surface area contributed by atoms with Gasteiger partial charge in [0.25, 0.3) is 0 Å². The lowest BCUT2D eigenvalue weighted by Gasteiger charge is -2.08. The molecule has 0 aliphatic rings. The predicted octanol–water partition coefficient (Wildman–Crippen LogP) is 1.40. The molecule has 0 amide bonds. The number of nitriles is 1. The Labute approximate surface area is 111 Å². The normalized spacial score (nSPS) is 10.7. The Kier molecular flexibility index (Phi) is 4.39. The monoisotopic (exact) mass is 283 g/mol. The van der Waals surface area contributed by atoms with E-state index in [1.165, 1.54) is 6.07 Å². The maximum Gasteiger partial charge on any atom is 0.339 e. The Morgan fingerprint density at radius 1 is 1.63 bits per heavy atom. The summed E-state index contributed by atoms with van der Waals surface area (Å²) in [7, 11) is 0. The van der Waals surface area contributed by atoms with Gasteiger partial charge in [-0.2, -0.15) is 10.4 Å². The summed E-state index contributed by atoms with van der Waals surface area (Å²) < 4.78 is 13.5. The first kappa shape index (κ1) is 14.4. The van der Waals surface area contributed by atoms with Crippen molar-refractivity contribution in [2.75, 3.05) is 5.43 Å². The highest BCUT2D eigenvalue weighted by atomic mass is 35.5. The first-order valence-corrected chi connectivity index (χ1v) is 5.05. The van der Waals surface area contributed by atoms with E-state index in [2.05, 4.69) is 5.10 Å². The predicted molar refractivity (Wildman–Crippen MR) is 67.0 cm³/mol. The molecule has 0 fully saturated rings. The number of aromatic carboxylic acids is 1. The first-order chi connectivity index (χ1) is 8.88. The van der Waals surface area contributed by atoms with Gasteiger partial charge in [-0.3, -0.25) is 10.8 Å². The van der Waals surface area contributed by atoms with Crippen molar-refractivity contribution >= 4 is 34.8 Å². The number of carbonyl (C=O) groups is 1. The number of nitrogens with two attached hydrogens (primary N) is 1. The second-order valence-corrected chi connectivity index (χ2v) is 3.59.